The van der Waals surface area contributed by atoms with Gasteiger partial charge in [0.15, 0.2) is 0 Å². The monoisotopic (exact) mass is 279 g/mol. The van der Waals surface area contributed by atoms with E-state index < -0.39 is 0 Å². The van der Waals surface area contributed by atoms with Crippen LogP contribution >= 0.6 is 0 Å². The third-order valence-electron chi connectivity index (χ3n) is 2.88. The fourth-order valence-electron chi connectivity index (χ4n) is 1.69. The van der Waals surface area contributed by atoms with Crippen LogP contribution < -0.4 is 4.74 Å². The number of ether oxygens (including phenoxy) is 2. The van der Waals surface area contributed by atoms with Gasteiger partial charge in [-0.3, -0.25) is 0 Å². The molecule has 0 fully saturated rings. The van der Waals surface area contributed by atoms with E-state index in [1.54, 1.807) is 12.1 Å². The Balaban J connectivity index is 2.53. The summed E-state index contributed by atoms with van der Waals surface area (Å²) < 4.78 is 10.9. The first-order valence-electron chi connectivity index (χ1n) is 7.18. The molecule has 0 aliphatic rings. The van der Waals surface area contributed by atoms with Crippen LogP contribution in [0.2, 0.25) is 0 Å². The predicted molar refractivity (Wildman–Crippen MR) is 80.3 cm³/mol. The molecule has 0 atom stereocenters. The molecule has 0 aliphatic heterocycles. The number of hydrogen-bond acceptors (Lipinski definition) is 4. The maximum Gasteiger partial charge on any atom is 0.341 e. The molecule has 0 bridgehead atoms. The van der Waals surface area contributed by atoms with Crippen molar-refractivity contribution in [1.82, 2.24) is 4.90 Å². The lowest BCUT2D eigenvalue weighted by molar-refractivity contribution is 0.0493. The van der Waals surface area contributed by atoms with E-state index in [1.807, 2.05) is 31.1 Å². The summed E-state index contributed by atoms with van der Waals surface area (Å²) in [5, 5.41) is 0. The Bertz CT molecular complexity index is 404. The van der Waals surface area contributed by atoms with Gasteiger partial charge in [0.2, 0.25) is 0 Å². The summed E-state index contributed by atoms with van der Waals surface area (Å²) >= 11 is 0. The van der Waals surface area contributed by atoms with Crippen LogP contribution in [0.3, 0.4) is 0 Å². The van der Waals surface area contributed by atoms with Gasteiger partial charge in [-0.05, 0) is 32.6 Å². The average Bonchev–Trinajstić information content (AvgIpc) is 2.43. The van der Waals surface area contributed by atoms with Gasteiger partial charge in [0, 0.05) is 6.54 Å². The number of rotatable bonds is 9. The molecular formula is C16H25NO3. The molecule has 20 heavy (non-hydrogen) atoms. The van der Waals surface area contributed by atoms with Crippen molar-refractivity contribution in [3.05, 3.63) is 29.8 Å². The molecule has 0 radical (unpaired) electrons. The van der Waals surface area contributed by atoms with E-state index in [-0.39, 0.29) is 5.97 Å². The van der Waals surface area contributed by atoms with Crippen molar-refractivity contribution in [3.8, 4) is 5.75 Å². The molecule has 0 amide bonds. The van der Waals surface area contributed by atoms with Crippen LogP contribution in [-0.2, 0) is 4.74 Å². The largest absolute Gasteiger partial charge is 0.491 e. The van der Waals surface area contributed by atoms with Gasteiger partial charge >= 0.3 is 5.97 Å². The molecule has 4 nitrogen and oxygen atoms in total. The minimum atomic E-state index is -0.304. The van der Waals surface area contributed by atoms with Crippen LogP contribution in [0.25, 0.3) is 0 Å². The van der Waals surface area contributed by atoms with Crippen LogP contribution in [0.4, 0.5) is 0 Å². The Labute approximate surface area is 121 Å². The lowest BCUT2D eigenvalue weighted by atomic mass is 10.2. The fourth-order valence-corrected chi connectivity index (χ4v) is 1.69. The molecule has 112 valence electrons. The van der Waals surface area contributed by atoms with Crippen LogP contribution in [0.1, 0.15) is 36.5 Å². The smallest absolute Gasteiger partial charge is 0.341 e. The first-order chi connectivity index (χ1) is 9.65. The van der Waals surface area contributed by atoms with E-state index in [0.717, 1.165) is 25.8 Å². The van der Waals surface area contributed by atoms with Crippen LogP contribution in [0, 0.1) is 0 Å². The minimum Gasteiger partial charge on any atom is -0.491 e. The lowest BCUT2D eigenvalue weighted by Gasteiger charge is -2.13. The van der Waals surface area contributed by atoms with Crippen molar-refractivity contribution in [3.63, 3.8) is 0 Å². The highest BCUT2D eigenvalue weighted by atomic mass is 16.5. The Kier molecular flexibility index (Phi) is 7.73. The first kappa shape index (κ1) is 16.5. The van der Waals surface area contributed by atoms with Gasteiger partial charge < -0.3 is 14.4 Å². The van der Waals surface area contributed by atoms with Gasteiger partial charge in [-0.1, -0.05) is 31.9 Å². The second-order valence-electron chi connectivity index (χ2n) is 4.99. The molecule has 0 saturated heterocycles. The van der Waals surface area contributed by atoms with E-state index >= 15 is 0 Å². The maximum atomic E-state index is 12.0. The normalized spacial score (nSPS) is 10.6. The highest BCUT2D eigenvalue weighted by Crippen LogP contribution is 2.19. The van der Waals surface area contributed by atoms with Crippen molar-refractivity contribution >= 4 is 5.97 Å². The zero-order valence-electron chi connectivity index (χ0n) is 12.7. The van der Waals surface area contributed by atoms with Crippen molar-refractivity contribution in [2.45, 2.75) is 26.2 Å². The van der Waals surface area contributed by atoms with E-state index in [0.29, 0.717) is 24.5 Å². The number of carbonyl (C=O) groups is 1. The van der Waals surface area contributed by atoms with Gasteiger partial charge in [0.05, 0.1) is 6.61 Å². The van der Waals surface area contributed by atoms with Gasteiger partial charge in [0.25, 0.3) is 0 Å². The van der Waals surface area contributed by atoms with Crippen LogP contribution in [-0.4, -0.2) is 44.7 Å². The molecule has 1 aromatic carbocycles. The molecule has 1 rings (SSSR count). The van der Waals surface area contributed by atoms with E-state index in [1.165, 1.54) is 0 Å². The molecule has 0 N–H and O–H groups in total. The summed E-state index contributed by atoms with van der Waals surface area (Å²) in [6, 6.07) is 7.23. The number of unbranched alkanes of at least 4 members (excludes halogenated alkanes) is 2. The minimum absolute atomic E-state index is 0.304. The number of likely N-dealkylation sites (N-methyl/N-ethyl adjacent to an activating group) is 1. The summed E-state index contributed by atoms with van der Waals surface area (Å²) in [7, 11) is 3.97. The summed E-state index contributed by atoms with van der Waals surface area (Å²) in [5.74, 6) is 0.288. The first-order valence-corrected chi connectivity index (χ1v) is 7.18. The quantitative estimate of drug-likeness (QED) is 0.514. The second-order valence-corrected chi connectivity index (χ2v) is 4.99. The Morgan fingerprint density at radius 3 is 2.60 bits per heavy atom. The van der Waals surface area contributed by atoms with Crippen LogP contribution in [0.15, 0.2) is 24.3 Å². The molecule has 0 aromatic heterocycles. The summed E-state index contributed by atoms with van der Waals surface area (Å²) in [5.41, 5.74) is 0.503. The van der Waals surface area contributed by atoms with Crippen molar-refractivity contribution in [2.75, 3.05) is 33.9 Å². The highest BCUT2D eigenvalue weighted by molar-refractivity contribution is 5.92. The highest BCUT2D eigenvalue weighted by Gasteiger charge is 2.13. The van der Waals surface area contributed by atoms with Gasteiger partial charge in [0.1, 0.15) is 17.9 Å². The van der Waals surface area contributed by atoms with Crippen molar-refractivity contribution in [2.24, 2.45) is 0 Å². The molecule has 4 heteroatoms. The number of carbonyl (C=O) groups excluding carboxylic acids is 1. The van der Waals surface area contributed by atoms with Gasteiger partial charge in [-0.25, -0.2) is 4.79 Å². The van der Waals surface area contributed by atoms with E-state index in [2.05, 4.69) is 6.92 Å². The fraction of sp³-hybridized carbons (Fsp3) is 0.562. The van der Waals surface area contributed by atoms with Crippen molar-refractivity contribution < 1.29 is 14.3 Å². The third kappa shape index (κ3) is 6.06. The number of benzene rings is 1. The third-order valence-corrected chi connectivity index (χ3v) is 2.88. The standard InChI is InChI=1S/C16H25NO3/c1-4-5-8-12-20-16(18)14-9-6-7-10-15(14)19-13-11-17(2)3/h6-7,9-10H,4-5,8,11-13H2,1-3H3. The van der Waals surface area contributed by atoms with Gasteiger partial charge in [-0.2, -0.15) is 0 Å². The van der Waals surface area contributed by atoms with Gasteiger partial charge in [-0.15, -0.1) is 0 Å². The number of esters is 1. The zero-order valence-corrected chi connectivity index (χ0v) is 12.7. The second kappa shape index (κ2) is 9.37. The average molecular weight is 279 g/mol. The molecule has 0 spiro atoms. The predicted octanol–water partition coefficient (Wildman–Crippen LogP) is 2.97. The van der Waals surface area contributed by atoms with E-state index in [4.69, 9.17) is 9.47 Å². The Morgan fingerprint density at radius 1 is 1.15 bits per heavy atom. The summed E-state index contributed by atoms with van der Waals surface area (Å²) in [4.78, 5) is 14.0. The van der Waals surface area contributed by atoms with E-state index in [9.17, 15) is 4.79 Å². The molecule has 1 aromatic rings. The number of hydrogen-bond donors (Lipinski definition) is 0. The summed E-state index contributed by atoms with van der Waals surface area (Å²) in [6.45, 7) is 3.95. The van der Waals surface area contributed by atoms with Crippen molar-refractivity contribution in [1.29, 1.82) is 0 Å². The molecule has 0 unspecified atom stereocenters. The van der Waals surface area contributed by atoms with Crippen LogP contribution in [0.5, 0.6) is 5.75 Å². The molecule has 0 heterocycles. The number of para-hydroxylation sites is 1. The summed E-state index contributed by atoms with van der Waals surface area (Å²) in [6.07, 6.45) is 3.10. The maximum absolute atomic E-state index is 12.0. The molecule has 0 saturated carbocycles. The lowest BCUT2D eigenvalue weighted by Crippen LogP contribution is -2.20. The number of nitrogens with zero attached hydrogens (tertiary/aromatic N) is 1. The molecular weight excluding hydrogens is 254 g/mol. The topological polar surface area (TPSA) is 38.8 Å². The Hall–Kier alpha value is -1.55. The zero-order chi connectivity index (χ0) is 14.8. The Morgan fingerprint density at radius 2 is 1.90 bits per heavy atom. The SMILES string of the molecule is CCCCCOC(=O)c1ccccc1OCCN(C)C. The molecule has 0 aliphatic carbocycles.